The second-order valence-corrected chi connectivity index (χ2v) is 2.30. The van der Waals surface area contributed by atoms with Crippen LogP contribution in [0, 0.1) is 25.7 Å². The molecule has 12 heavy (non-hydrogen) atoms. The molecular weight excluding hydrogens is 375 g/mol. The van der Waals surface area contributed by atoms with Crippen molar-refractivity contribution < 1.29 is 98.1 Å². The van der Waals surface area contributed by atoms with Gasteiger partial charge in [-0.1, -0.05) is 6.92 Å². The van der Waals surface area contributed by atoms with Crippen LogP contribution < -0.4 is 0 Å². The second-order valence-electron chi connectivity index (χ2n) is 2.30. The van der Waals surface area contributed by atoms with Crippen molar-refractivity contribution in [3.63, 3.8) is 0 Å². The first kappa shape index (κ1) is 24.5. The minimum absolute atomic E-state index is 0. The van der Waals surface area contributed by atoms with E-state index in [4.69, 9.17) is 6.92 Å². The van der Waals surface area contributed by atoms with Gasteiger partial charge in [0.15, 0.2) is 0 Å². The summed E-state index contributed by atoms with van der Waals surface area (Å²) in [5, 5.41) is 0. The molecule has 0 heterocycles. The Morgan fingerprint density at radius 3 is 2.00 bits per heavy atom. The Morgan fingerprint density at radius 2 is 1.67 bits per heavy atom. The van der Waals surface area contributed by atoms with E-state index in [1.54, 1.807) is 6.42 Å². The molecule has 0 rings (SSSR count). The molecule has 0 N–H and O–H groups in total. The molecule has 0 unspecified atom stereocenters. The average Bonchev–Trinajstić information content (AvgIpc) is 1.85. The summed E-state index contributed by atoms with van der Waals surface area (Å²) in [6.07, 6.45) is 7.19. The van der Waals surface area contributed by atoms with Crippen molar-refractivity contribution in [3.05, 3.63) is 25.7 Å². The number of hydrogen-bond acceptors (Lipinski definition) is 0. The maximum absolute atomic E-state index is 5.24. The van der Waals surface area contributed by atoms with Gasteiger partial charge in [0.25, 0.3) is 0 Å². The zero-order valence-electron chi connectivity index (χ0n) is 8.09. The third-order valence-corrected chi connectivity index (χ3v) is 1.25. The van der Waals surface area contributed by atoms with Crippen LogP contribution in [0.2, 0.25) is 0 Å². The molecule has 0 aromatic rings. The van der Waals surface area contributed by atoms with Crippen molar-refractivity contribution in [1.82, 2.24) is 0 Å². The van der Waals surface area contributed by atoms with Crippen LogP contribution in [-0.2, 0) is 98.1 Å². The summed E-state index contributed by atoms with van der Waals surface area (Å²) in [5.74, 6) is 1.44. The van der Waals surface area contributed by atoms with Crippen molar-refractivity contribution in [2.75, 3.05) is 0 Å². The minimum atomic E-state index is 0. The van der Waals surface area contributed by atoms with Gasteiger partial charge in [-0.05, 0) is 0 Å². The normalized spacial score (nSPS) is 8.00. The molecule has 0 aromatic carbocycles. The molecule has 0 amide bonds. The largest absolute Gasteiger partial charge is 0.374 e. The summed E-state index contributed by atoms with van der Waals surface area (Å²) in [7, 11) is 0. The van der Waals surface area contributed by atoms with Crippen molar-refractivity contribution >= 4 is 0 Å². The molecule has 63 valence electrons. The molecule has 0 saturated heterocycles. The van der Waals surface area contributed by atoms with E-state index in [0.717, 1.165) is 19.3 Å². The average molecular weight is 390 g/mol. The topological polar surface area (TPSA) is 0 Å². The maximum atomic E-state index is 5.24. The van der Waals surface area contributed by atoms with E-state index >= 15 is 0 Å². The molecule has 0 aliphatic heterocycles. The first-order valence-corrected chi connectivity index (χ1v) is 3.47. The van der Waals surface area contributed by atoms with E-state index < -0.39 is 0 Å². The van der Waals surface area contributed by atoms with Crippen LogP contribution in [0.4, 0.5) is 0 Å². The SMILES string of the molecule is [CH][CH-]C[C-](C)C[CH-]CC.[Y].[Y].[Y]. The van der Waals surface area contributed by atoms with E-state index in [1.807, 2.05) is 0 Å². The molecule has 5 radical (unpaired) electrons. The Labute approximate surface area is 154 Å². The molecule has 0 aliphatic carbocycles. The quantitative estimate of drug-likeness (QED) is 0.634. The minimum Gasteiger partial charge on any atom is -0.374 e. The zero-order valence-corrected chi connectivity index (χ0v) is 16.6. The third kappa shape index (κ3) is 19.0. The van der Waals surface area contributed by atoms with Crippen LogP contribution in [0.1, 0.15) is 33.1 Å². The van der Waals surface area contributed by atoms with Crippen LogP contribution in [0.15, 0.2) is 0 Å². The van der Waals surface area contributed by atoms with Gasteiger partial charge in [-0.25, -0.2) is 6.92 Å². The van der Waals surface area contributed by atoms with E-state index in [1.165, 1.54) is 5.92 Å². The molecule has 0 aromatic heterocycles. The molecule has 0 fully saturated rings. The fourth-order valence-electron chi connectivity index (χ4n) is 0.675. The van der Waals surface area contributed by atoms with Crippen LogP contribution >= 0.6 is 0 Å². The summed E-state index contributed by atoms with van der Waals surface area (Å²) in [5.41, 5.74) is 0. The van der Waals surface area contributed by atoms with E-state index in [9.17, 15) is 0 Å². The Bertz CT molecular complexity index is 57.7. The molecule has 0 spiro atoms. The molecule has 0 nitrogen and oxygen atoms in total. The third-order valence-electron chi connectivity index (χ3n) is 1.25. The van der Waals surface area contributed by atoms with Gasteiger partial charge in [0, 0.05) is 98.1 Å². The Hall–Kier alpha value is 3.31. The number of unbranched alkanes of at least 4 members (excludes halogenated alkanes) is 1. The molecular formula is C9H15Y3-3. The first-order chi connectivity index (χ1) is 4.31. The summed E-state index contributed by atoms with van der Waals surface area (Å²) < 4.78 is 0. The summed E-state index contributed by atoms with van der Waals surface area (Å²) in [6, 6.07) is 0. The van der Waals surface area contributed by atoms with Gasteiger partial charge in [0.05, 0.1) is 0 Å². The van der Waals surface area contributed by atoms with E-state index in [2.05, 4.69) is 20.3 Å². The van der Waals surface area contributed by atoms with Gasteiger partial charge in [-0.2, -0.15) is 13.3 Å². The van der Waals surface area contributed by atoms with E-state index in [-0.39, 0.29) is 98.1 Å². The zero-order chi connectivity index (χ0) is 7.11. The van der Waals surface area contributed by atoms with Gasteiger partial charge in [0.2, 0.25) is 0 Å². The van der Waals surface area contributed by atoms with Gasteiger partial charge >= 0.3 is 0 Å². The van der Waals surface area contributed by atoms with Gasteiger partial charge < -0.3 is 31.6 Å². The fourth-order valence-corrected chi connectivity index (χ4v) is 0.675. The number of rotatable bonds is 5. The van der Waals surface area contributed by atoms with Gasteiger partial charge in [-0.15, -0.1) is 0 Å². The summed E-state index contributed by atoms with van der Waals surface area (Å²) >= 11 is 0. The summed E-state index contributed by atoms with van der Waals surface area (Å²) in [4.78, 5) is 0. The molecule has 0 aliphatic rings. The van der Waals surface area contributed by atoms with Gasteiger partial charge in [0.1, 0.15) is 0 Å². The van der Waals surface area contributed by atoms with E-state index in [0.29, 0.717) is 0 Å². The molecule has 0 saturated carbocycles. The monoisotopic (exact) mass is 390 g/mol. The first-order valence-electron chi connectivity index (χ1n) is 3.47. The Morgan fingerprint density at radius 1 is 1.17 bits per heavy atom. The maximum Gasteiger partial charge on any atom is 0 e. The van der Waals surface area contributed by atoms with Crippen molar-refractivity contribution in [1.29, 1.82) is 0 Å². The molecule has 0 bridgehead atoms. The smallest absolute Gasteiger partial charge is 0 e. The fraction of sp³-hybridized carbons (Fsp3) is 0.556. The van der Waals surface area contributed by atoms with Crippen molar-refractivity contribution in [3.8, 4) is 0 Å². The van der Waals surface area contributed by atoms with Crippen LogP contribution in [0.5, 0.6) is 0 Å². The Balaban J connectivity index is -0.000000107. The molecule has 0 atom stereocenters. The second kappa shape index (κ2) is 19.8. The van der Waals surface area contributed by atoms with Gasteiger partial charge in [-0.3, -0.25) is 0 Å². The Kier molecular flexibility index (Phi) is 40.5. The van der Waals surface area contributed by atoms with Crippen molar-refractivity contribution in [2.45, 2.75) is 33.1 Å². The standard InChI is InChI=1S/C9H15.3Y/c1-4-6-8-9(3)7-5-2;;;/h2,5-6H,4,7-8H2,1,3H3;;;/q-3;;;. The predicted octanol–water partition coefficient (Wildman–Crippen LogP) is 2.88. The van der Waals surface area contributed by atoms with Crippen LogP contribution in [0.3, 0.4) is 0 Å². The number of hydrogen-bond donors (Lipinski definition) is 0. The van der Waals surface area contributed by atoms with Crippen LogP contribution in [-0.4, -0.2) is 0 Å². The predicted molar refractivity (Wildman–Crippen MR) is 41.3 cm³/mol. The molecule has 3 heteroatoms. The summed E-state index contributed by atoms with van der Waals surface area (Å²) in [6.45, 7) is 9.53. The van der Waals surface area contributed by atoms with Crippen LogP contribution in [0.25, 0.3) is 0 Å². The van der Waals surface area contributed by atoms with Crippen molar-refractivity contribution in [2.24, 2.45) is 0 Å².